The Morgan fingerprint density at radius 2 is 2.29 bits per heavy atom. The first kappa shape index (κ1) is 15.5. The Bertz CT molecular complexity index is 494. The molecule has 7 nitrogen and oxygen atoms in total. The summed E-state index contributed by atoms with van der Waals surface area (Å²) in [6.07, 6.45) is 5.69. The lowest BCUT2D eigenvalue weighted by Crippen LogP contribution is -2.36. The lowest BCUT2D eigenvalue weighted by Gasteiger charge is -2.34. The lowest BCUT2D eigenvalue weighted by atomic mass is 9.80. The van der Waals surface area contributed by atoms with Crippen molar-refractivity contribution in [3.05, 3.63) is 18.2 Å². The molecule has 1 saturated carbocycles. The Morgan fingerprint density at radius 1 is 1.52 bits per heavy atom. The number of hydrogen-bond acceptors (Lipinski definition) is 4. The van der Waals surface area contributed by atoms with Gasteiger partial charge in [0.05, 0.1) is 12.4 Å². The van der Waals surface area contributed by atoms with Crippen molar-refractivity contribution in [3.63, 3.8) is 0 Å². The standard InChI is InChI=1S/C14H21N3O4/c1-2-21-11-5-10(6-11)7-13(18)15-3-4-17-8-12(14(19)20)16-9-17/h8-11H,2-7H2,1H3,(H,15,18)(H,19,20). The molecule has 0 bridgehead atoms. The van der Waals surface area contributed by atoms with Crippen molar-refractivity contribution in [2.75, 3.05) is 13.2 Å². The van der Waals surface area contributed by atoms with E-state index in [1.54, 1.807) is 4.57 Å². The summed E-state index contributed by atoms with van der Waals surface area (Å²) in [5.74, 6) is -0.589. The van der Waals surface area contributed by atoms with Gasteiger partial charge >= 0.3 is 5.97 Å². The molecule has 0 atom stereocenters. The molecule has 1 amide bonds. The van der Waals surface area contributed by atoms with Crippen LogP contribution in [0.4, 0.5) is 0 Å². The van der Waals surface area contributed by atoms with Crippen LogP contribution >= 0.6 is 0 Å². The summed E-state index contributed by atoms with van der Waals surface area (Å²) in [6, 6.07) is 0. The van der Waals surface area contributed by atoms with E-state index in [0.717, 1.165) is 19.4 Å². The highest BCUT2D eigenvalue weighted by Crippen LogP contribution is 2.32. The van der Waals surface area contributed by atoms with E-state index >= 15 is 0 Å². The van der Waals surface area contributed by atoms with Crippen molar-refractivity contribution < 1.29 is 19.4 Å². The van der Waals surface area contributed by atoms with Crippen molar-refractivity contribution in [1.29, 1.82) is 0 Å². The van der Waals surface area contributed by atoms with Crippen LogP contribution in [0.5, 0.6) is 0 Å². The zero-order chi connectivity index (χ0) is 15.2. The van der Waals surface area contributed by atoms with Crippen LogP contribution in [0.25, 0.3) is 0 Å². The third kappa shape index (κ3) is 4.56. The van der Waals surface area contributed by atoms with E-state index in [1.165, 1.54) is 12.5 Å². The summed E-state index contributed by atoms with van der Waals surface area (Å²) in [5.41, 5.74) is 0.0118. The fourth-order valence-electron chi connectivity index (χ4n) is 2.46. The SMILES string of the molecule is CCOC1CC(CC(=O)NCCn2cnc(C(=O)O)c2)C1. The van der Waals surface area contributed by atoms with Crippen LogP contribution in [0.3, 0.4) is 0 Å². The Hall–Kier alpha value is -1.89. The molecule has 0 spiro atoms. The van der Waals surface area contributed by atoms with Gasteiger partial charge in [-0.25, -0.2) is 9.78 Å². The number of amides is 1. The number of nitrogens with one attached hydrogen (secondary N) is 1. The van der Waals surface area contributed by atoms with E-state index in [1.807, 2.05) is 6.92 Å². The number of aromatic carboxylic acids is 1. The normalized spacial score (nSPS) is 20.8. The highest BCUT2D eigenvalue weighted by Gasteiger charge is 2.30. The maximum absolute atomic E-state index is 11.7. The molecule has 1 heterocycles. The van der Waals surface area contributed by atoms with Crippen LogP contribution in [0.2, 0.25) is 0 Å². The molecule has 0 aromatic carbocycles. The summed E-state index contributed by atoms with van der Waals surface area (Å²) >= 11 is 0. The van der Waals surface area contributed by atoms with Gasteiger partial charge in [-0.1, -0.05) is 0 Å². The molecule has 1 aliphatic rings. The number of rotatable bonds is 8. The largest absolute Gasteiger partial charge is 0.476 e. The van der Waals surface area contributed by atoms with Crippen LogP contribution in [0, 0.1) is 5.92 Å². The third-order valence-electron chi connectivity index (χ3n) is 3.61. The van der Waals surface area contributed by atoms with E-state index in [4.69, 9.17) is 9.84 Å². The van der Waals surface area contributed by atoms with E-state index in [-0.39, 0.29) is 11.6 Å². The molecule has 0 aliphatic heterocycles. The van der Waals surface area contributed by atoms with Crippen LogP contribution in [0.1, 0.15) is 36.7 Å². The molecule has 1 fully saturated rings. The number of ether oxygens (including phenoxy) is 1. The van der Waals surface area contributed by atoms with Gasteiger partial charge in [0.2, 0.25) is 5.91 Å². The van der Waals surface area contributed by atoms with Crippen LogP contribution in [-0.4, -0.2) is 45.8 Å². The topological polar surface area (TPSA) is 93.5 Å². The highest BCUT2D eigenvalue weighted by molar-refractivity contribution is 5.84. The molecule has 2 rings (SSSR count). The minimum absolute atomic E-state index is 0.0118. The summed E-state index contributed by atoms with van der Waals surface area (Å²) in [6.45, 7) is 3.69. The van der Waals surface area contributed by atoms with Gasteiger partial charge in [0.1, 0.15) is 0 Å². The van der Waals surface area contributed by atoms with Gasteiger partial charge in [-0.15, -0.1) is 0 Å². The summed E-state index contributed by atoms with van der Waals surface area (Å²) in [5, 5.41) is 11.6. The lowest BCUT2D eigenvalue weighted by molar-refractivity contribution is -0.124. The fraction of sp³-hybridized carbons (Fsp3) is 0.643. The van der Waals surface area contributed by atoms with Crippen molar-refractivity contribution in [1.82, 2.24) is 14.9 Å². The summed E-state index contributed by atoms with van der Waals surface area (Å²) in [7, 11) is 0. The zero-order valence-corrected chi connectivity index (χ0v) is 12.1. The van der Waals surface area contributed by atoms with Crippen molar-refractivity contribution in [2.45, 2.75) is 38.8 Å². The van der Waals surface area contributed by atoms with Crippen molar-refractivity contribution >= 4 is 11.9 Å². The molecular weight excluding hydrogens is 274 g/mol. The maximum atomic E-state index is 11.7. The van der Waals surface area contributed by atoms with Gasteiger partial charge in [-0.05, 0) is 25.7 Å². The molecule has 21 heavy (non-hydrogen) atoms. The van der Waals surface area contributed by atoms with Gasteiger partial charge < -0.3 is 19.7 Å². The monoisotopic (exact) mass is 295 g/mol. The first-order valence-electron chi connectivity index (χ1n) is 7.21. The minimum Gasteiger partial charge on any atom is -0.476 e. The van der Waals surface area contributed by atoms with E-state index in [9.17, 15) is 9.59 Å². The second-order valence-corrected chi connectivity index (χ2v) is 5.27. The molecule has 116 valence electrons. The average Bonchev–Trinajstić information content (AvgIpc) is 2.85. The average molecular weight is 295 g/mol. The maximum Gasteiger partial charge on any atom is 0.356 e. The second-order valence-electron chi connectivity index (χ2n) is 5.27. The molecule has 0 unspecified atom stereocenters. The number of carbonyl (C=O) groups excluding carboxylic acids is 1. The number of nitrogens with zero attached hydrogens (tertiary/aromatic N) is 2. The van der Waals surface area contributed by atoms with Gasteiger partial charge in [-0.3, -0.25) is 4.79 Å². The molecule has 0 radical (unpaired) electrons. The van der Waals surface area contributed by atoms with Gasteiger partial charge in [-0.2, -0.15) is 0 Å². The summed E-state index contributed by atoms with van der Waals surface area (Å²) < 4.78 is 7.11. The Morgan fingerprint density at radius 3 is 2.90 bits per heavy atom. The molecule has 1 aromatic heterocycles. The number of hydrogen-bond donors (Lipinski definition) is 2. The first-order chi connectivity index (χ1) is 10.1. The number of carboxylic acid groups (broad SMARTS) is 1. The van der Waals surface area contributed by atoms with Crippen LogP contribution < -0.4 is 5.32 Å². The van der Waals surface area contributed by atoms with Crippen molar-refractivity contribution in [3.8, 4) is 0 Å². The molecule has 1 aliphatic carbocycles. The predicted molar refractivity (Wildman–Crippen MR) is 75.0 cm³/mol. The van der Waals surface area contributed by atoms with E-state index in [0.29, 0.717) is 31.5 Å². The van der Waals surface area contributed by atoms with E-state index < -0.39 is 5.97 Å². The number of aromatic nitrogens is 2. The quantitative estimate of drug-likeness (QED) is 0.743. The fourth-order valence-corrected chi connectivity index (χ4v) is 2.46. The minimum atomic E-state index is -1.05. The smallest absolute Gasteiger partial charge is 0.356 e. The molecule has 1 aromatic rings. The van der Waals surface area contributed by atoms with E-state index in [2.05, 4.69) is 10.3 Å². The van der Waals surface area contributed by atoms with Gasteiger partial charge in [0.15, 0.2) is 5.69 Å². The number of carboxylic acids is 1. The number of imidazole rings is 1. The highest BCUT2D eigenvalue weighted by atomic mass is 16.5. The zero-order valence-electron chi connectivity index (χ0n) is 12.1. The molecule has 0 saturated heterocycles. The Labute approximate surface area is 123 Å². The Balaban J connectivity index is 1.60. The molecular formula is C14H21N3O4. The first-order valence-corrected chi connectivity index (χ1v) is 7.21. The second kappa shape index (κ2) is 7.21. The van der Waals surface area contributed by atoms with Gasteiger partial charge in [0, 0.05) is 32.3 Å². The van der Waals surface area contributed by atoms with Gasteiger partial charge in [0.25, 0.3) is 0 Å². The molecule has 7 heteroatoms. The summed E-state index contributed by atoms with van der Waals surface area (Å²) in [4.78, 5) is 26.2. The molecule has 2 N–H and O–H groups in total. The Kier molecular flexibility index (Phi) is 5.32. The number of carbonyl (C=O) groups is 2. The predicted octanol–water partition coefficient (Wildman–Crippen LogP) is 0.903. The van der Waals surface area contributed by atoms with Crippen LogP contribution in [0.15, 0.2) is 12.5 Å². The third-order valence-corrected chi connectivity index (χ3v) is 3.61. The van der Waals surface area contributed by atoms with Crippen LogP contribution in [-0.2, 0) is 16.1 Å². The van der Waals surface area contributed by atoms with Crippen molar-refractivity contribution in [2.24, 2.45) is 5.92 Å².